The molecule has 0 radical (unpaired) electrons. The van der Waals surface area contributed by atoms with Crippen molar-refractivity contribution in [3.63, 3.8) is 0 Å². The number of nitrogens with one attached hydrogen (secondary N) is 1. The van der Waals surface area contributed by atoms with E-state index in [0.717, 1.165) is 4.88 Å². The van der Waals surface area contributed by atoms with E-state index in [2.05, 4.69) is 5.32 Å². The van der Waals surface area contributed by atoms with Crippen LogP contribution in [0, 0.1) is 0 Å². The van der Waals surface area contributed by atoms with Gasteiger partial charge in [0.2, 0.25) is 5.91 Å². The molecule has 1 aliphatic rings. The van der Waals surface area contributed by atoms with Crippen LogP contribution in [0.1, 0.15) is 40.1 Å². The predicted molar refractivity (Wildman–Crippen MR) is 73.0 cm³/mol. The number of thiophene rings is 1. The van der Waals surface area contributed by atoms with Crippen molar-refractivity contribution in [3.8, 4) is 0 Å². The molecular formula is C13H15NO5S. The predicted octanol–water partition coefficient (Wildman–Crippen LogP) is 1.70. The summed E-state index contributed by atoms with van der Waals surface area (Å²) in [6.45, 7) is 1.36. The van der Waals surface area contributed by atoms with Crippen molar-refractivity contribution in [3.05, 3.63) is 16.0 Å². The highest BCUT2D eigenvalue weighted by molar-refractivity contribution is 7.17. The molecule has 20 heavy (non-hydrogen) atoms. The summed E-state index contributed by atoms with van der Waals surface area (Å²) in [7, 11) is 2.59. The van der Waals surface area contributed by atoms with Crippen molar-refractivity contribution in [2.24, 2.45) is 0 Å². The van der Waals surface area contributed by atoms with Gasteiger partial charge in [0.25, 0.3) is 0 Å². The molecule has 1 atom stereocenters. The molecule has 0 aromatic carbocycles. The van der Waals surface area contributed by atoms with Gasteiger partial charge in [-0.1, -0.05) is 0 Å². The van der Waals surface area contributed by atoms with Gasteiger partial charge in [-0.15, -0.1) is 11.3 Å². The van der Waals surface area contributed by atoms with E-state index in [9.17, 15) is 14.4 Å². The minimum Gasteiger partial charge on any atom is -0.469 e. The number of hydrogen-bond donors (Lipinski definition) is 1. The van der Waals surface area contributed by atoms with Crippen LogP contribution in [0.3, 0.4) is 0 Å². The smallest absolute Gasteiger partial charge is 0.341 e. The first kappa shape index (κ1) is 14.5. The number of rotatable bonds is 3. The third-order valence-electron chi connectivity index (χ3n) is 3.20. The number of anilines is 1. The van der Waals surface area contributed by atoms with E-state index in [-0.39, 0.29) is 17.4 Å². The van der Waals surface area contributed by atoms with Crippen LogP contribution in [-0.4, -0.2) is 32.1 Å². The highest BCUT2D eigenvalue weighted by Crippen LogP contribution is 2.45. The largest absolute Gasteiger partial charge is 0.469 e. The molecule has 0 fully saturated rings. The Kier molecular flexibility index (Phi) is 4.08. The zero-order chi connectivity index (χ0) is 14.9. The zero-order valence-electron chi connectivity index (χ0n) is 11.4. The van der Waals surface area contributed by atoms with Gasteiger partial charge >= 0.3 is 11.9 Å². The van der Waals surface area contributed by atoms with Gasteiger partial charge in [-0.25, -0.2) is 4.79 Å². The molecular weight excluding hydrogens is 282 g/mol. The molecule has 108 valence electrons. The minimum atomic E-state index is -0.554. The maximum atomic E-state index is 12.0. The van der Waals surface area contributed by atoms with Gasteiger partial charge in [0.1, 0.15) is 5.00 Å². The summed E-state index contributed by atoms with van der Waals surface area (Å²) in [4.78, 5) is 35.9. The summed E-state index contributed by atoms with van der Waals surface area (Å²) in [5, 5.41) is 3.06. The first-order valence-corrected chi connectivity index (χ1v) is 6.90. The summed E-state index contributed by atoms with van der Waals surface area (Å²) in [6.07, 6.45) is 1.29. The molecule has 1 aromatic heterocycles. The van der Waals surface area contributed by atoms with Crippen molar-refractivity contribution in [1.82, 2.24) is 0 Å². The zero-order valence-corrected chi connectivity index (χ0v) is 12.3. The minimum absolute atomic E-state index is 0.273. The third kappa shape index (κ3) is 2.40. The summed E-state index contributed by atoms with van der Waals surface area (Å²) in [6, 6.07) is 0. The fraction of sp³-hybridized carbons (Fsp3) is 0.462. The molecule has 0 spiro atoms. The van der Waals surface area contributed by atoms with E-state index in [0.29, 0.717) is 23.4 Å². The second-order valence-corrected chi connectivity index (χ2v) is 5.54. The Hall–Kier alpha value is -1.89. The van der Waals surface area contributed by atoms with E-state index in [4.69, 9.17) is 9.47 Å². The molecule has 0 bridgehead atoms. The molecule has 0 unspecified atom stereocenters. The van der Waals surface area contributed by atoms with Crippen LogP contribution in [0.4, 0.5) is 5.00 Å². The molecule has 2 rings (SSSR count). The molecule has 1 N–H and O–H groups in total. The Morgan fingerprint density at radius 1 is 1.25 bits per heavy atom. The first-order valence-electron chi connectivity index (χ1n) is 6.08. The molecule has 0 saturated carbocycles. The monoisotopic (exact) mass is 297 g/mol. The summed E-state index contributed by atoms with van der Waals surface area (Å²) in [5.74, 6) is -1.67. The van der Waals surface area contributed by atoms with Crippen molar-refractivity contribution in [1.29, 1.82) is 0 Å². The number of hydrogen-bond acceptors (Lipinski definition) is 6. The number of amides is 1. The number of methoxy groups -OCH3 is 2. The Labute approximate surface area is 120 Å². The Morgan fingerprint density at radius 2 is 1.95 bits per heavy atom. The van der Waals surface area contributed by atoms with Gasteiger partial charge < -0.3 is 14.8 Å². The van der Waals surface area contributed by atoms with E-state index >= 15 is 0 Å². The average Bonchev–Trinajstić information content (AvgIpc) is 2.94. The number of fused-ring (bicyclic) bond motifs is 1. The van der Waals surface area contributed by atoms with Gasteiger partial charge in [0.15, 0.2) is 0 Å². The molecule has 7 heteroatoms. The lowest BCUT2D eigenvalue weighted by Gasteiger charge is -2.11. The molecule has 1 heterocycles. The normalized spacial score (nSPS) is 16.4. The Balaban J connectivity index is 2.52. The third-order valence-corrected chi connectivity index (χ3v) is 4.38. The molecule has 1 aromatic rings. The van der Waals surface area contributed by atoms with Crippen molar-refractivity contribution in [2.45, 2.75) is 25.7 Å². The quantitative estimate of drug-likeness (QED) is 0.859. The van der Waals surface area contributed by atoms with Crippen LogP contribution >= 0.6 is 11.3 Å². The topological polar surface area (TPSA) is 81.7 Å². The van der Waals surface area contributed by atoms with E-state index in [1.165, 1.54) is 32.5 Å². The van der Waals surface area contributed by atoms with E-state index < -0.39 is 11.9 Å². The van der Waals surface area contributed by atoms with Gasteiger partial charge in [-0.3, -0.25) is 9.59 Å². The maximum Gasteiger partial charge on any atom is 0.341 e. The van der Waals surface area contributed by atoms with Gasteiger partial charge in [-0.05, 0) is 18.4 Å². The number of carbonyl (C=O) groups is 3. The molecule has 1 amide bonds. The molecule has 0 aliphatic heterocycles. The summed E-state index contributed by atoms with van der Waals surface area (Å²) >= 11 is 1.31. The van der Waals surface area contributed by atoms with Crippen molar-refractivity contribution in [2.75, 3.05) is 19.5 Å². The first-order chi connectivity index (χ1) is 9.49. The number of ether oxygens (including phenoxy) is 2. The highest BCUT2D eigenvalue weighted by atomic mass is 32.1. The summed E-state index contributed by atoms with van der Waals surface area (Å²) < 4.78 is 9.54. The lowest BCUT2D eigenvalue weighted by Crippen LogP contribution is -2.16. The number of carbonyl (C=O) groups excluding carboxylic acids is 3. The Bertz CT molecular complexity index is 578. The van der Waals surface area contributed by atoms with Crippen molar-refractivity contribution < 1.29 is 23.9 Å². The van der Waals surface area contributed by atoms with Crippen molar-refractivity contribution >= 4 is 34.2 Å². The van der Waals surface area contributed by atoms with Crippen LogP contribution in [0.2, 0.25) is 0 Å². The second kappa shape index (κ2) is 5.62. The fourth-order valence-corrected chi connectivity index (χ4v) is 3.71. The molecule has 1 aliphatic carbocycles. The fourth-order valence-electron chi connectivity index (χ4n) is 2.40. The standard InChI is InChI=1S/C13H15NO5S/c1-6(15)14-11-10(13(17)19-3)9-7(12(16)18-2)4-5-8(9)20-11/h7H,4-5H2,1-3H3,(H,14,15)/t7-/m1/s1. The van der Waals surface area contributed by atoms with Gasteiger partial charge in [0.05, 0.1) is 25.7 Å². The maximum absolute atomic E-state index is 12.0. The summed E-state index contributed by atoms with van der Waals surface area (Å²) in [5.41, 5.74) is 0.910. The van der Waals surface area contributed by atoms with Crippen LogP contribution in [0.25, 0.3) is 0 Å². The second-order valence-electron chi connectivity index (χ2n) is 4.43. The molecule has 0 saturated heterocycles. The average molecular weight is 297 g/mol. The van der Waals surface area contributed by atoms with Gasteiger partial charge in [-0.2, -0.15) is 0 Å². The lowest BCUT2D eigenvalue weighted by molar-refractivity contribution is -0.142. The van der Waals surface area contributed by atoms with E-state index in [1.54, 1.807) is 0 Å². The SMILES string of the molecule is COC(=O)c1c(NC(C)=O)sc2c1[C@H](C(=O)OC)CC2. The molecule has 6 nitrogen and oxygen atoms in total. The lowest BCUT2D eigenvalue weighted by atomic mass is 9.99. The van der Waals surface area contributed by atoms with Gasteiger partial charge in [0, 0.05) is 11.8 Å². The number of aryl methyl sites for hydroxylation is 1. The highest BCUT2D eigenvalue weighted by Gasteiger charge is 2.38. The van der Waals surface area contributed by atoms with Crippen LogP contribution in [0.5, 0.6) is 0 Å². The Morgan fingerprint density at radius 3 is 2.50 bits per heavy atom. The van der Waals surface area contributed by atoms with Crippen LogP contribution in [0.15, 0.2) is 0 Å². The van der Waals surface area contributed by atoms with Crippen LogP contribution in [-0.2, 0) is 25.5 Å². The van der Waals surface area contributed by atoms with E-state index in [1.807, 2.05) is 0 Å². The number of esters is 2. The van der Waals surface area contributed by atoms with Crippen LogP contribution < -0.4 is 5.32 Å².